The summed E-state index contributed by atoms with van der Waals surface area (Å²) in [5.41, 5.74) is 6.65. The number of nitrogens with two attached hydrogens (primary N) is 1. The van der Waals surface area contributed by atoms with Crippen LogP contribution in [0.3, 0.4) is 0 Å². The Morgan fingerprint density at radius 2 is 2.33 bits per heavy atom. The fourth-order valence-electron chi connectivity index (χ4n) is 1.52. The fraction of sp³-hybridized carbons (Fsp3) is 0.462. The second kappa shape index (κ2) is 8.13. The Morgan fingerprint density at radius 1 is 1.56 bits per heavy atom. The van der Waals surface area contributed by atoms with Crippen molar-refractivity contribution in [3.63, 3.8) is 0 Å². The van der Waals surface area contributed by atoms with E-state index < -0.39 is 0 Å². The number of methoxy groups -OCH3 is 1. The van der Waals surface area contributed by atoms with Crippen LogP contribution in [-0.2, 0) is 16.1 Å². The molecule has 1 aromatic rings. The first-order valence-corrected chi connectivity index (χ1v) is 6.84. The summed E-state index contributed by atoms with van der Waals surface area (Å²) in [5.74, 6) is 0.421. The maximum Gasteiger partial charge on any atom is 0.230 e. The molecule has 0 saturated heterocycles. The highest BCUT2D eigenvalue weighted by Gasteiger charge is 2.07. The molecule has 1 rings (SSSR count). The Morgan fingerprint density at radius 3 is 3.00 bits per heavy atom. The number of benzene rings is 1. The lowest BCUT2D eigenvalue weighted by atomic mass is 10.2. The molecule has 0 bridgehead atoms. The molecule has 1 aromatic carbocycles. The van der Waals surface area contributed by atoms with Crippen LogP contribution in [0.5, 0.6) is 0 Å². The van der Waals surface area contributed by atoms with Gasteiger partial charge in [-0.2, -0.15) is 0 Å². The number of hydrogen-bond donors (Lipinski definition) is 2. The Labute approximate surface area is 112 Å². The van der Waals surface area contributed by atoms with E-state index in [9.17, 15) is 4.79 Å². The van der Waals surface area contributed by atoms with E-state index in [4.69, 9.17) is 10.5 Å². The summed E-state index contributed by atoms with van der Waals surface area (Å²) in [6.45, 7) is 2.96. The standard InChI is InChI=1S/C13H20N2O2S/c1-10(8-17-2)15-13(16)9-18-12-5-3-4-11(6-12)7-14/h3-6,10H,7-9,14H2,1-2H3,(H,15,16). The number of thioether (sulfide) groups is 1. The first-order valence-electron chi connectivity index (χ1n) is 5.85. The maximum atomic E-state index is 11.6. The van der Waals surface area contributed by atoms with E-state index in [2.05, 4.69) is 5.32 Å². The Hall–Kier alpha value is -1.04. The lowest BCUT2D eigenvalue weighted by molar-refractivity contribution is -0.119. The molecular formula is C13H20N2O2S. The number of nitrogens with one attached hydrogen (secondary N) is 1. The molecule has 0 aliphatic rings. The number of hydrogen-bond acceptors (Lipinski definition) is 4. The zero-order valence-corrected chi connectivity index (χ0v) is 11.6. The minimum absolute atomic E-state index is 0.0164. The monoisotopic (exact) mass is 268 g/mol. The third kappa shape index (κ3) is 5.53. The molecule has 0 spiro atoms. The van der Waals surface area contributed by atoms with E-state index in [0.29, 0.717) is 18.9 Å². The molecule has 18 heavy (non-hydrogen) atoms. The van der Waals surface area contributed by atoms with E-state index in [1.807, 2.05) is 31.2 Å². The van der Waals surface area contributed by atoms with Gasteiger partial charge in [0.15, 0.2) is 0 Å². The highest BCUT2D eigenvalue weighted by Crippen LogP contribution is 2.18. The molecule has 1 amide bonds. The van der Waals surface area contributed by atoms with E-state index in [1.165, 1.54) is 11.8 Å². The van der Waals surface area contributed by atoms with Crippen LogP contribution in [0.25, 0.3) is 0 Å². The molecule has 0 aromatic heterocycles. The van der Waals surface area contributed by atoms with E-state index in [0.717, 1.165) is 10.5 Å². The lowest BCUT2D eigenvalue weighted by Crippen LogP contribution is -2.36. The third-order valence-electron chi connectivity index (χ3n) is 2.33. The van der Waals surface area contributed by atoms with Gasteiger partial charge in [0.2, 0.25) is 5.91 Å². The second-order valence-corrected chi connectivity index (χ2v) is 5.11. The summed E-state index contributed by atoms with van der Waals surface area (Å²) in [4.78, 5) is 12.7. The van der Waals surface area contributed by atoms with Crippen LogP contribution in [0.4, 0.5) is 0 Å². The number of ether oxygens (including phenoxy) is 1. The molecule has 0 heterocycles. The number of carbonyl (C=O) groups is 1. The van der Waals surface area contributed by atoms with Crippen molar-refractivity contribution in [1.82, 2.24) is 5.32 Å². The zero-order chi connectivity index (χ0) is 13.4. The molecule has 0 aliphatic heterocycles. The van der Waals surface area contributed by atoms with Gasteiger partial charge in [0, 0.05) is 24.6 Å². The molecule has 1 atom stereocenters. The van der Waals surface area contributed by atoms with Crippen molar-refractivity contribution in [2.24, 2.45) is 5.73 Å². The lowest BCUT2D eigenvalue weighted by Gasteiger charge is -2.12. The van der Waals surface area contributed by atoms with Gasteiger partial charge in [0.05, 0.1) is 12.4 Å². The Bertz CT molecular complexity index is 385. The number of rotatable bonds is 7. The summed E-state index contributed by atoms with van der Waals surface area (Å²) in [6, 6.07) is 7.96. The quantitative estimate of drug-likeness (QED) is 0.734. The van der Waals surface area contributed by atoms with Gasteiger partial charge in [0.25, 0.3) is 0 Å². The van der Waals surface area contributed by atoms with Gasteiger partial charge in [0.1, 0.15) is 0 Å². The molecule has 4 nitrogen and oxygen atoms in total. The van der Waals surface area contributed by atoms with Crippen molar-refractivity contribution in [3.05, 3.63) is 29.8 Å². The third-order valence-corrected chi connectivity index (χ3v) is 3.32. The number of amides is 1. The summed E-state index contributed by atoms with van der Waals surface area (Å²) in [5, 5.41) is 2.87. The van der Waals surface area contributed by atoms with Crippen LogP contribution in [0.1, 0.15) is 12.5 Å². The van der Waals surface area contributed by atoms with Crippen LogP contribution >= 0.6 is 11.8 Å². The van der Waals surface area contributed by atoms with Crippen molar-refractivity contribution in [3.8, 4) is 0 Å². The van der Waals surface area contributed by atoms with Gasteiger partial charge >= 0.3 is 0 Å². The van der Waals surface area contributed by atoms with Crippen molar-refractivity contribution in [2.45, 2.75) is 24.4 Å². The van der Waals surface area contributed by atoms with Crippen molar-refractivity contribution < 1.29 is 9.53 Å². The summed E-state index contributed by atoms with van der Waals surface area (Å²) >= 11 is 1.51. The predicted octanol–water partition coefficient (Wildman–Crippen LogP) is 1.39. The van der Waals surface area contributed by atoms with Crippen LogP contribution < -0.4 is 11.1 Å². The molecule has 0 aliphatic carbocycles. The molecule has 3 N–H and O–H groups in total. The molecule has 0 radical (unpaired) electrons. The van der Waals surface area contributed by atoms with Crippen LogP contribution in [-0.4, -0.2) is 31.4 Å². The van der Waals surface area contributed by atoms with Gasteiger partial charge in [-0.05, 0) is 24.6 Å². The summed E-state index contributed by atoms with van der Waals surface area (Å²) < 4.78 is 4.96. The van der Waals surface area contributed by atoms with E-state index >= 15 is 0 Å². The zero-order valence-electron chi connectivity index (χ0n) is 10.8. The largest absolute Gasteiger partial charge is 0.383 e. The van der Waals surface area contributed by atoms with Crippen LogP contribution in [0.15, 0.2) is 29.2 Å². The van der Waals surface area contributed by atoms with Gasteiger partial charge in [-0.15, -0.1) is 11.8 Å². The average Bonchev–Trinajstić information content (AvgIpc) is 2.37. The Balaban J connectivity index is 2.37. The fourth-order valence-corrected chi connectivity index (χ4v) is 2.31. The van der Waals surface area contributed by atoms with Crippen molar-refractivity contribution >= 4 is 17.7 Å². The van der Waals surface area contributed by atoms with E-state index in [-0.39, 0.29) is 11.9 Å². The van der Waals surface area contributed by atoms with Gasteiger partial charge in [-0.1, -0.05) is 12.1 Å². The predicted molar refractivity (Wildman–Crippen MR) is 74.5 cm³/mol. The Kier molecular flexibility index (Phi) is 6.78. The highest BCUT2D eigenvalue weighted by molar-refractivity contribution is 8.00. The summed E-state index contributed by atoms with van der Waals surface area (Å²) in [7, 11) is 1.62. The number of carbonyl (C=O) groups excluding carboxylic acids is 1. The molecule has 100 valence electrons. The average molecular weight is 268 g/mol. The molecule has 5 heteroatoms. The van der Waals surface area contributed by atoms with Crippen molar-refractivity contribution in [1.29, 1.82) is 0 Å². The van der Waals surface area contributed by atoms with Crippen LogP contribution in [0, 0.1) is 0 Å². The topological polar surface area (TPSA) is 64.3 Å². The second-order valence-electron chi connectivity index (χ2n) is 4.06. The minimum atomic E-state index is 0.0164. The molecular weight excluding hydrogens is 248 g/mol. The molecule has 1 unspecified atom stereocenters. The highest BCUT2D eigenvalue weighted by atomic mass is 32.2. The van der Waals surface area contributed by atoms with Crippen LogP contribution in [0.2, 0.25) is 0 Å². The maximum absolute atomic E-state index is 11.6. The smallest absolute Gasteiger partial charge is 0.230 e. The molecule has 0 fully saturated rings. The van der Waals surface area contributed by atoms with Crippen molar-refractivity contribution in [2.75, 3.05) is 19.5 Å². The normalized spacial score (nSPS) is 12.2. The first-order chi connectivity index (χ1) is 8.65. The minimum Gasteiger partial charge on any atom is -0.383 e. The molecule has 0 saturated carbocycles. The van der Waals surface area contributed by atoms with E-state index in [1.54, 1.807) is 7.11 Å². The first kappa shape index (κ1) is 15.0. The SMILES string of the molecule is COCC(C)NC(=O)CSc1cccc(CN)c1. The van der Waals surface area contributed by atoms with Gasteiger partial charge in [-0.25, -0.2) is 0 Å². The summed E-state index contributed by atoms with van der Waals surface area (Å²) in [6.07, 6.45) is 0. The van der Waals surface area contributed by atoms with Gasteiger partial charge in [-0.3, -0.25) is 4.79 Å². The van der Waals surface area contributed by atoms with Gasteiger partial charge < -0.3 is 15.8 Å².